The standard InChI is InChI=1S/C24H24N2O2/c1-14-11-15(2)23(16(3)12-14)26-24(27)17(4)25-18-9-10-22-20(13-18)19-7-5-6-8-21(19)28-22/h5-13,17,25H,1-4H3,(H,26,27)/t17-/m0/s1. The molecular weight excluding hydrogens is 348 g/mol. The van der Waals surface area contributed by atoms with Crippen molar-refractivity contribution in [1.82, 2.24) is 0 Å². The Labute approximate surface area is 164 Å². The van der Waals surface area contributed by atoms with E-state index in [0.29, 0.717) is 0 Å². The van der Waals surface area contributed by atoms with E-state index in [1.807, 2.05) is 63.2 Å². The monoisotopic (exact) mass is 372 g/mol. The lowest BCUT2D eigenvalue weighted by Gasteiger charge is -2.18. The molecule has 1 amide bonds. The highest BCUT2D eigenvalue weighted by Crippen LogP contribution is 2.30. The lowest BCUT2D eigenvalue weighted by molar-refractivity contribution is -0.116. The van der Waals surface area contributed by atoms with Crippen LogP contribution >= 0.6 is 0 Å². The van der Waals surface area contributed by atoms with E-state index in [0.717, 1.165) is 44.4 Å². The molecule has 0 aliphatic carbocycles. The van der Waals surface area contributed by atoms with E-state index in [1.165, 1.54) is 5.56 Å². The number of rotatable bonds is 4. The molecule has 0 bridgehead atoms. The number of para-hydroxylation sites is 1. The smallest absolute Gasteiger partial charge is 0.246 e. The van der Waals surface area contributed by atoms with Crippen LogP contribution in [0.15, 0.2) is 59.0 Å². The number of nitrogens with one attached hydrogen (secondary N) is 2. The van der Waals surface area contributed by atoms with Crippen LogP contribution in [0.2, 0.25) is 0 Å². The number of benzene rings is 3. The Morgan fingerprint density at radius 2 is 1.57 bits per heavy atom. The molecule has 4 heteroatoms. The molecule has 4 rings (SSSR count). The average Bonchev–Trinajstić information content (AvgIpc) is 3.02. The lowest BCUT2D eigenvalue weighted by Crippen LogP contribution is -2.32. The minimum atomic E-state index is -0.379. The summed E-state index contributed by atoms with van der Waals surface area (Å²) in [5, 5.41) is 8.49. The van der Waals surface area contributed by atoms with Crippen molar-refractivity contribution >= 4 is 39.2 Å². The first kappa shape index (κ1) is 18.1. The molecule has 0 unspecified atom stereocenters. The molecule has 3 aromatic carbocycles. The first-order chi connectivity index (χ1) is 13.4. The Kier molecular flexibility index (Phi) is 4.55. The number of furan rings is 1. The zero-order valence-electron chi connectivity index (χ0n) is 16.6. The van der Waals surface area contributed by atoms with E-state index >= 15 is 0 Å². The fraction of sp³-hybridized carbons (Fsp3) is 0.208. The van der Waals surface area contributed by atoms with Crippen LogP contribution in [0.3, 0.4) is 0 Å². The first-order valence-electron chi connectivity index (χ1n) is 9.49. The summed E-state index contributed by atoms with van der Waals surface area (Å²) < 4.78 is 5.87. The van der Waals surface area contributed by atoms with E-state index in [9.17, 15) is 4.79 Å². The van der Waals surface area contributed by atoms with Gasteiger partial charge in [0.05, 0.1) is 0 Å². The summed E-state index contributed by atoms with van der Waals surface area (Å²) in [6.45, 7) is 7.97. The number of anilines is 2. The topological polar surface area (TPSA) is 54.3 Å². The molecule has 1 aromatic heterocycles. The van der Waals surface area contributed by atoms with E-state index < -0.39 is 0 Å². The van der Waals surface area contributed by atoms with Gasteiger partial charge in [-0.2, -0.15) is 0 Å². The van der Waals surface area contributed by atoms with Crippen molar-refractivity contribution in [2.24, 2.45) is 0 Å². The summed E-state index contributed by atoms with van der Waals surface area (Å²) in [6.07, 6.45) is 0. The van der Waals surface area contributed by atoms with Gasteiger partial charge in [-0.3, -0.25) is 4.79 Å². The Hall–Kier alpha value is -3.27. The molecule has 2 N–H and O–H groups in total. The summed E-state index contributed by atoms with van der Waals surface area (Å²) in [4.78, 5) is 12.7. The number of carbonyl (C=O) groups is 1. The van der Waals surface area contributed by atoms with Crippen LogP contribution in [0.25, 0.3) is 21.9 Å². The number of hydrogen-bond acceptors (Lipinski definition) is 3. The predicted molar refractivity (Wildman–Crippen MR) is 116 cm³/mol. The van der Waals surface area contributed by atoms with Crippen molar-refractivity contribution in [3.05, 3.63) is 71.3 Å². The van der Waals surface area contributed by atoms with E-state index in [1.54, 1.807) is 0 Å². The van der Waals surface area contributed by atoms with Gasteiger partial charge in [-0.25, -0.2) is 0 Å². The van der Waals surface area contributed by atoms with Crippen LogP contribution in [0.1, 0.15) is 23.6 Å². The predicted octanol–water partition coefficient (Wildman–Crippen LogP) is 5.95. The van der Waals surface area contributed by atoms with Gasteiger partial charge in [-0.05, 0) is 63.1 Å². The van der Waals surface area contributed by atoms with Crippen LogP contribution in [-0.4, -0.2) is 11.9 Å². The minimum absolute atomic E-state index is 0.0628. The third-order valence-electron chi connectivity index (χ3n) is 5.08. The highest BCUT2D eigenvalue weighted by molar-refractivity contribution is 6.06. The SMILES string of the molecule is Cc1cc(C)c(NC(=O)[C@H](C)Nc2ccc3oc4ccccc4c3c2)c(C)c1. The van der Waals surface area contributed by atoms with Crippen molar-refractivity contribution in [3.63, 3.8) is 0 Å². The van der Waals surface area contributed by atoms with Gasteiger partial charge in [0.25, 0.3) is 0 Å². The molecule has 142 valence electrons. The van der Waals surface area contributed by atoms with E-state index in [-0.39, 0.29) is 11.9 Å². The van der Waals surface area contributed by atoms with Crippen molar-refractivity contribution < 1.29 is 9.21 Å². The summed E-state index contributed by atoms with van der Waals surface area (Å²) in [5.41, 5.74) is 6.83. The number of aryl methyl sites for hydroxylation is 3. The van der Waals surface area contributed by atoms with Crippen LogP contribution in [0, 0.1) is 20.8 Å². The third-order valence-corrected chi connectivity index (χ3v) is 5.08. The fourth-order valence-electron chi connectivity index (χ4n) is 3.74. The molecule has 1 atom stereocenters. The zero-order valence-corrected chi connectivity index (χ0v) is 16.6. The Balaban J connectivity index is 1.55. The quantitative estimate of drug-likeness (QED) is 0.465. The van der Waals surface area contributed by atoms with Crippen LogP contribution < -0.4 is 10.6 Å². The molecule has 1 heterocycles. The molecule has 0 saturated heterocycles. The maximum Gasteiger partial charge on any atom is 0.246 e. The molecule has 0 radical (unpaired) electrons. The van der Waals surface area contributed by atoms with Gasteiger partial charge in [0.15, 0.2) is 0 Å². The van der Waals surface area contributed by atoms with Crippen molar-refractivity contribution in [1.29, 1.82) is 0 Å². The molecular formula is C24H24N2O2. The molecule has 28 heavy (non-hydrogen) atoms. The summed E-state index contributed by atoms with van der Waals surface area (Å²) >= 11 is 0. The molecule has 4 nitrogen and oxygen atoms in total. The highest BCUT2D eigenvalue weighted by Gasteiger charge is 2.16. The lowest BCUT2D eigenvalue weighted by atomic mass is 10.0. The van der Waals surface area contributed by atoms with Gasteiger partial charge >= 0.3 is 0 Å². The second-order valence-electron chi connectivity index (χ2n) is 7.44. The molecule has 0 fully saturated rings. The van der Waals surface area contributed by atoms with E-state index in [4.69, 9.17) is 4.42 Å². The maximum absolute atomic E-state index is 12.7. The highest BCUT2D eigenvalue weighted by atomic mass is 16.3. The second-order valence-corrected chi connectivity index (χ2v) is 7.44. The normalized spacial score (nSPS) is 12.3. The molecule has 0 spiro atoms. The number of carbonyl (C=O) groups excluding carboxylic acids is 1. The van der Waals surface area contributed by atoms with Gasteiger partial charge in [0.1, 0.15) is 17.2 Å². The fourth-order valence-corrected chi connectivity index (χ4v) is 3.74. The second kappa shape index (κ2) is 7.04. The Bertz CT molecular complexity index is 1170. The molecule has 0 aliphatic rings. The van der Waals surface area contributed by atoms with Gasteiger partial charge in [0.2, 0.25) is 5.91 Å². The van der Waals surface area contributed by atoms with Crippen LogP contribution in [0.5, 0.6) is 0 Å². The molecule has 4 aromatic rings. The summed E-state index contributed by atoms with van der Waals surface area (Å²) in [5.74, 6) is -0.0628. The largest absolute Gasteiger partial charge is 0.456 e. The van der Waals surface area contributed by atoms with Gasteiger partial charge in [-0.15, -0.1) is 0 Å². The number of fused-ring (bicyclic) bond motifs is 3. The van der Waals surface area contributed by atoms with Crippen molar-refractivity contribution in [2.45, 2.75) is 33.7 Å². The van der Waals surface area contributed by atoms with Crippen molar-refractivity contribution in [2.75, 3.05) is 10.6 Å². The van der Waals surface area contributed by atoms with E-state index in [2.05, 4.69) is 29.7 Å². The van der Waals surface area contributed by atoms with Crippen LogP contribution in [0.4, 0.5) is 11.4 Å². The average molecular weight is 372 g/mol. The van der Waals surface area contributed by atoms with Gasteiger partial charge < -0.3 is 15.1 Å². The maximum atomic E-state index is 12.7. The van der Waals surface area contributed by atoms with Crippen LogP contribution in [-0.2, 0) is 4.79 Å². The van der Waals surface area contributed by atoms with Gasteiger partial charge in [-0.1, -0.05) is 35.9 Å². The zero-order chi connectivity index (χ0) is 19.8. The third kappa shape index (κ3) is 3.33. The first-order valence-corrected chi connectivity index (χ1v) is 9.49. The molecule has 0 aliphatic heterocycles. The van der Waals surface area contributed by atoms with Gasteiger partial charge in [0, 0.05) is 22.1 Å². The Morgan fingerprint density at radius 3 is 2.32 bits per heavy atom. The summed E-state index contributed by atoms with van der Waals surface area (Å²) in [6, 6.07) is 17.7. The molecule has 0 saturated carbocycles. The minimum Gasteiger partial charge on any atom is -0.456 e. The number of hydrogen-bond donors (Lipinski definition) is 2. The summed E-state index contributed by atoms with van der Waals surface area (Å²) in [7, 11) is 0. The Morgan fingerprint density at radius 1 is 0.893 bits per heavy atom. The number of amides is 1. The van der Waals surface area contributed by atoms with Crippen molar-refractivity contribution in [3.8, 4) is 0 Å².